The van der Waals surface area contributed by atoms with E-state index in [1.807, 2.05) is 36.4 Å². The van der Waals surface area contributed by atoms with E-state index in [0.717, 1.165) is 44.8 Å². The molecule has 0 unspecified atom stereocenters. The molecular formula is C31H41NO3. The van der Waals surface area contributed by atoms with Gasteiger partial charge in [-0.05, 0) is 54.0 Å². The van der Waals surface area contributed by atoms with Crippen LogP contribution in [0.25, 0.3) is 11.1 Å². The largest absolute Gasteiger partial charge is 0.507 e. The van der Waals surface area contributed by atoms with Gasteiger partial charge in [0.05, 0.1) is 12.3 Å². The number of hydrogen-bond donors (Lipinski definition) is 2. The summed E-state index contributed by atoms with van der Waals surface area (Å²) in [6.07, 6.45) is 0. The normalized spacial score (nSPS) is 12.1. The molecule has 0 saturated heterocycles. The number of phenolic OH excluding ortho intramolecular Hbond substituents is 2. The molecule has 3 aromatic rings. The quantitative estimate of drug-likeness (QED) is 0.382. The molecule has 3 aromatic carbocycles. The Balaban J connectivity index is 2.31. The van der Waals surface area contributed by atoms with Crippen molar-refractivity contribution < 1.29 is 14.9 Å². The molecule has 0 aliphatic rings. The molecule has 4 heteroatoms. The smallest absolute Gasteiger partial charge is 0.142 e. The van der Waals surface area contributed by atoms with Gasteiger partial charge in [-0.3, -0.25) is 0 Å². The summed E-state index contributed by atoms with van der Waals surface area (Å²) < 4.78 is 5.46. The number of anilines is 2. The second-order valence-electron chi connectivity index (χ2n) is 11.6. The molecule has 4 nitrogen and oxygen atoms in total. The van der Waals surface area contributed by atoms with Crippen LogP contribution in [0.15, 0.2) is 48.5 Å². The summed E-state index contributed by atoms with van der Waals surface area (Å²) in [5.74, 6) is 0.573. The highest BCUT2D eigenvalue weighted by molar-refractivity contribution is 5.87. The van der Waals surface area contributed by atoms with Crippen LogP contribution in [0.3, 0.4) is 0 Å². The predicted molar refractivity (Wildman–Crippen MR) is 147 cm³/mol. The van der Waals surface area contributed by atoms with Gasteiger partial charge in [0.1, 0.15) is 11.5 Å². The molecule has 0 amide bonds. The molecule has 0 aliphatic carbocycles. The van der Waals surface area contributed by atoms with Gasteiger partial charge in [0.2, 0.25) is 0 Å². The van der Waals surface area contributed by atoms with E-state index in [2.05, 4.69) is 72.4 Å². The molecule has 0 aromatic heterocycles. The van der Waals surface area contributed by atoms with E-state index >= 15 is 0 Å². The van der Waals surface area contributed by atoms with Crippen LogP contribution in [-0.4, -0.2) is 30.5 Å². The van der Waals surface area contributed by atoms with Crippen LogP contribution >= 0.6 is 0 Å². The van der Waals surface area contributed by atoms with Crippen LogP contribution in [0.5, 0.6) is 11.5 Å². The van der Waals surface area contributed by atoms with E-state index in [-0.39, 0.29) is 16.6 Å². The number of aryl methyl sites for hydroxylation is 2. The first-order chi connectivity index (χ1) is 16.3. The zero-order valence-corrected chi connectivity index (χ0v) is 22.8. The van der Waals surface area contributed by atoms with Crippen LogP contribution in [0, 0.1) is 13.8 Å². The van der Waals surface area contributed by atoms with Gasteiger partial charge in [-0.25, -0.2) is 0 Å². The van der Waals surface area contributed by atoms with Crippen LogP contribution in [0.2, 0.25) is 0 Å². The van der Waals surface area contributed by atoms with Crippen molar-refractivity contribution in [1.29, 1.82) is 0 Å². The maximum absolute atomic E-state index is 11.5. The van der Waals surface area contributed by atoms with Gasteiger partial charge in [-0.1, -0.05) is 71.9 Å². The lowest BCUT2D eigenvalue weighted by Gasteiger charge is -2.31. The molecule has 0 aliphatic heterocycles. The fourth-order valence-corrected chi connectivity index (χ4v) is 4.58. The van der Waals surface area contributed by atoms with Crippen molar-refractivity contribution in [3.8, 4) is 22.6 Å². The highest BCUT2D eigenvalue weighted by Crippen LogP contribution is 2.46. The number of benzene rings is 3. The molecule has 0 radical (unpaired) electrons. The fraction of sp³-hybridized carbons (Fsp3) is 0.419. The van der Waals surface area contributed by atoms with E-state index in [0.29, 0.717) is 18.9 Å². The van der Waals surface area contributed by atoms with Crippen molar-refractivity contribution in [3.05, 3.63) is 70.8 Å². The molecule has 188 valence electrons. The Kier molecular flexibility index (Phi) is 7.56. The van der Waals surface area contributed by atoms with Crippen molar-refractivity contribution in [2.75, 3.05) is 25.2 Å². The van der Waals surface area contributed by atoms with E-state index in [4.69, 9.17) is 4.74 Å². The van der Waals surface area contributed by atoms with E-state index in [9.17, 15) is 10.2 Å². The minimum atomic E-state index is -0.215. The molecule has 2 N–H and O–H groups in total. The third kappa shape index (κ3) is 5.65. The summed E-state index contributed by atoms with van der Waals surface area (Å²) in [7, 11) is 1.68. The van der Waals surface area contributed by atoms with Crippen molar-refractivity contribution >= 4 is 11.4 Å². The molecule has 0 spiro atoms. The zero-order chi connectivity index (χ0) is 26.1. The maximum Gasteiger partial charge on any atom is 0.142 e. The SMILES string of the molecule is COCCN(c1ccccc1-c1cc(C)cc(C(C)(C)C)c1O)c1cc(C)cc(C(C)(C)C)c1O. The summed E-state index contributed by atoms with van der Waals surface area (Å²) in [5.41, 5.74) is 6.92. The lowest BCUT2D eigenvalue weighted by atomic mass is 9.83. The molecule has 0 saturated carbocycles. The van der Waals surface area contributed by atoms with Crippen LogP contribution in [-0.2, 0) is 15.6 Å². The van der Waals surface area contributed by atoms with Crippen molar-refractivity contribution in [1.82, 2.24) is 0 Å². The Labute approximate surface area is 211 Å². The van der Waals surface area contributed by atoms with Crippen LogP contribution in [0.4, 0.5) is 11.4 Å². The van der Waals surface area contributed by atoms with Gasteiger partial charge in [-0.2, -0.15) is 0 Å². The Morgan fingerprint density at radius 2 is 1.26 bits per heavy atom. The molecule has 0 bridgehead atoms. The van der Waals surface area contributed by atoms with Gasteiger partial charge in [0, 0.05) is 41.6 Å². The first-order valence-electron chi connectivity index (χ1n) is 12.3. The van der Waals surface area contributed by atoms with Crippen molar-refractivity contribution in [3.63, 3.8) is 0 Å². The number of nitrogens with zero attached hydrogens (tertiary/aromatic N) is 1. The maximum atomic E-state index is 11.5. The standard InChI is InChI=1S/C31H41NO3/c1-20-16-23(28(33)24(17-20)30(3,4)5)22-12-10-11-13-26(22)32(14-15-35-9)27-19-21(2)18-25(29(27)34)31(6,7)8/h10-13,16-19,33-34H,14-15H2,1-9H3. The van der Waals surface area contributed by atoms with Crippen LogP contribution in [0.1, 0.15) is 63.8 Å². The number of para-hydroxylation sites is 1. The molecule has 0 fully saturated rings. The lowest BCUT2D eigenvalue weighted by Crippen LogP contribution is -2.24. The van der Waals surface area contributed by atoms with Gasteiger partial charge < -0.3 is 19.8 Å². The average Bonchev–Trinajstić information content (AvgIpc) is 2.76. The van der Waals surface area contributed by atoms with E-state index < -0.39 is 0 Å². The van der Waals surface area contributed by atoms with E-state index in [1.54, 1.807) is 7.11 Å². The number of phenols is 2. The second-order valence-corrected chi connectivity index (χ2v) is 11.6. The first-order valence-corrected chi connectivity index (χ1v) is 12.3. The molecule has 0 heterocycles. The molecule has 0 atom stereocenters. The number of methoxy groups -OCH3 is 1. The van der Waals surface area contributed by atoms with Crippen molar-refractivity contribution in [2.45, 2.75) is 66.2 Å². The van der Waals surface area contributed by atoms with Gasteiger partial charge >= 0.3 is 0 Å². The summed E-state index contributed by atoms with van der Waals surface area (Å²) in [4.78, 5) is 2.11. The fourth-order valence-electron chi connectivity index (χ4n) is 4.58. The minimum absolute atomic E-state index is 0.202. The minimum Gasteiger partial charge on any atom is -0.507 e. The van der Waals surface area contributed by atoms with Gasteiger partial charge in [0.25, 0.3) is 0 Å². The molecule has 3 rings (SSSR count). The summed E-state index contributed by atoms with van der Waals surface area (Å²) >= 11 is 0. The number of hydrogen-bond acceptors (Lipinski definition) is 4. The van der Waals surface area contributed by atoms with Crippen molar-refractivity contribution in [2.24, 2.45) is 0 Å². The number of ether oxygens (including phenoxy) is 1. The Hall–Kier alpha value is -2.98. The summed E-state index contributed by atoms with van der Waals surface area (Å²) in [5, 5.41) is 22.9. The third-order valence-corrected chi connectivity index (χ3v) is 6.40. The second kappa shape index (κ2) is 9.94. The Morgan fingerprint density at radius 3 is 1.83 bits per heavy atom. The monoisotopic (exact) mass is 475 g/mol. The molecular weight excluding hydrogens is 434 g/mol. The first kappa shape index (κ1) is 26.6. The third-order valence-electron chi connectivity index (χ3n) is 6.40. The highest BCUT2D eigenvalue weighted by atomic mass is 16.5. The Morgan fingerprint density at radius 1 is 0.714 bits per heavy atom. The van der Waals surface area contributed by atoms with E-state index in [1.165, 1.54) is 0 Å². The topological polar surface area (TPSA) is 52.9 Å². The highest BCUT2D eigenvalue weighted by Gasteiger charge is 2.27. The average molecular weight is 476 g/mol. The number of rotatable bonds is 6. The Bertz CT molecular complexity index is 1200. The lowest BCUT2D eigenvalue weighted by molar-refractivity contribution is 0.207. The zero-order valence-electron chi connectivity index (χ0n) is 22.8. The predicted octanol–water partition coefficient (Wildman–Crippen LogP) is 7.76. The summed E-state index contributed by atoms with van der Waals surface area (Å²) in [6.45, 7) is 17.8. The number of aromatic hydroxyl groups is 2. The van der Waals surface area contributed by atoms with Gasteiger partial charge in [-0.15, -0.1) is 0 Å². The van der Waals surface area contributed by atoms with Gasteiger partial charge in [0.15, 0.2) is 0 Å². The van der Waals surface area contributed by atoms with Crippen LogP contribution < -0.4 is 4.90 Å². The molecule has 35 heavy (non-hydrogen) atoms. The summed E-state index contributed by atoms with van der Waals surface area (Å²) in [6, 6.07) is 16.2.